The SMILES string of the molecule is Cc1nnn(-c2ccccc2F)c1N1CCCCC1. The molecule has 100 valence electrons. The number of aromatic nitrogens is 3. The highest BCUT2D eigenvalue weighted by Gasteiger charge is 2.21. The maximum Gasteiger partial charge on any atom is 0.156 e. The molecule has 0 unspecified atom stereocenters. The zero-order valence-electron chi connectivity index (χ0n) is 11.0. The van der Waals surface area contributed by atoms with E-state index in [1.165, 1.54) is 25.3 Å². The average molecular weight is 260 g/mol. The predicted octanol–water partition coefficient (Wildman–Crippen LogP) is 2.71. The summed E-state index contributed by atoms with van der Waals surface area (Å²) in [6.45, 7) is 3.90. The number of hydrogen-bond acceptors (Lipinski definition) is 3. The minimum absolute atomic E-state index is 0.273. The summed E-state index contributed by atoms with van der Waals surface area (Å²) in [6.07, 6.45) is 3.60. The van der Waals surface area contributed by atoms with E-state index >= 15 is 0 Å². The Morgan fingerprint density at radius 2 is 1.84 bits per heavy atom. The molecule has 0 aliphatic carbocycles. The second-order valence-corrected chi connectivity index (χ2v) is 4.91. The average Bonchev–Trinajstić information content (AvgIpc) is 2.82. The highest BCUT2D eigenvalue weighted by atomic mass is 19.1. The van der Waals surface area contributed by atoms with Gasteiger partial charge in [0, 0.05) is 13.1 Å². The number of piperidine rings is 1. The van der Waals surface area contributed by atoms with Crippen LogP contribution in [0.15, 0.2) is 24.3 Å². The minimum atomic E-state index is -0.273. The molecule has 1 fully saturated rings. The Morgan fingerprint density at radius 3 is 2.58 bits per heavy atom. The summed E-state index contributed by atoms with van der Waals surface area (Å²) in [5.74, 6) is 0.649. The van der Waals surface area contributed by atoms with Gasteiger partial charge in [-0.25, -0.2) is 4.39 Å². The zero-order chi connectivity index (χ0) is 13.2. The summed E-state index contributed by atoms with van der Waals surface area (Å²) in [6, 6.07) is 6.68. The number of rotatable bonds is 2. The van der Waals surface area contributed by atoms with E-state index in [1.54, 1.807) is 16.8 Å². The Balaban J connectivity index is 2.05. The fourth-order valence-corrected chi connectivity index (χ4v) is 2.61. The van der Waals surface area contributed by atoms with Crippen molar-refractivity contribution in [2.45, 2.75) is 26.2 Å². The van der Waals surface area contributed by atoms with Crippen molar-refractivity contribution in [1.29, 1.82) is 0 Å². The highest BCUT2D eigenvalue weighted by Crippen LogP contribution is 2.26. The van der Waals surface area contributed by atoms with E-state index in [0.29, 0.717) is 5.69 Å². The van der Waals surface area contributed by atoms with Crippen molar-refractivity contribution in [1.82, 2.24) is 15.0 Å². The fourth-order valence-electron chi connectivity index (χ4n) is 2.61. The van der Waals surface area contributed by atoms with Crippen molar-refractivity contribution in [3.05, 3.63) is 35.8 Å². The van der Waals surface area contributed by atoms with Crippen molar-refractivity contribution in [2.75, 3.05) is 18.0 Å². The second-order valence-electron chi connectivity index (χ2n) is 4.91. The Morgan fingerprint density at radius 1 is 1.11 bits per heavy atom. The number of hydrogen-bond donors (Lipinski definition) is 0. The maximum absolute atomic E-state index is 13.9. The van der Waals surface area contributed by atoms with Crippen LogP contribution in [0.1, 0.15) is 25.0 Å². The van der Waals surface area contributed by atoms with Gasteiger partial charge in [0.05, 0.1) is 0 Å². The topological polar surface area (TPSA) is 34.0 Å². The normalized spacial score (nSPS) is 15.8. The van der Waals surface area contributed by atoms with Gasteiger partial charge in [0.1, 0.15) is 17.2 Å². The van der Waals surface area contributed by atoms with E-state index in [9.17, 15) is 4.39 Å². The van der Waals surface area contributed by atoms with Gasteiger partial charge in [-0.05, 0) is 38.3 Å². The lowest BCUT2D eigenvalue weighted by Crippen LogP contribution is -2.31. The predicted molar refractivity (Wildman–Crippen MR) is 72.1 cm³/mol. The van der Waals surface area contributed by atoms with Crippen molar-refractivity contribution >= 4 is 5.82 Å². The molecular formula is C14H17FN4. The highest BCUT2D eigenvalue weighted by molar-refractivity contribution is 5.50. The van der Waals surface area contributed by atoms with Crippen LogP contribution in [-0.4, -0.2) is 28.1 Å². The molecule has 1 aliphatic rings. The fraction of sp³-hybridized carbons (Fsp3) is 0.429. The van der Waals surface area contributed by atoms with Crippen LogP contribution in [0, 0.1) is 12.7 Å². The molecule has 1 aromatic heterocycles. The van der Waals surface area contributed by atoms with Crippen molar-refractivity contribution in [2.24, 2.45) is 0 Å². The van der Waals surface area contributed by atoms with Crippen LogP contribution in [0.3, 0.4) is 0 Å². The molecule has 0 spiro atoms. The van der Waals surface area contributed by atoms with Crippen LogP contribution in [0.2, 0.25) is 0 Å². The molecule has 19 heavy (non-hydrogen) atoms. The molecule has 0 bridgehead atoms. The van der Waals surface area contributed by atoms with Crippen LogP contribution >= 0.6 is 0 Å². The van der Waals surface area contributed by atoms with Gasteiger partial charge in [-0.1, -0.05) is 17.3 Å². The van der Waals surface area contributed by atoms with Crippen molar-refractivity contribution in [3.63, 3.8) is 0 Å². The quantitative estimate of drug-likeness (QED) is 0.832. The Hall–Kier alpha value is -1.91. The Bertz CT molecular complexity index is 573. The van der Waals surface area contributed by atoms with Gasteiger partial charge < -0.3 is 4.90 Å². The molecular weight excluding hydrogens is 243 g/mol. The molecule has 1 aliphatic heterocycles. The third-order valence-corrected chi connectivity index (χ3v) is 3.54. The molecule has 2 heterocycles. The van der Waals surface area contributed by atoms with E-state index in [1.807, 2.05) is 13.0 Å². The lowest BCUT2D eigenvalue weighted by molar-refractivity contribution is 0.561. The summed E-state index contributed by atoms with van der Waals surface area (Å²) >= 11 is 0. The summed E-state index contributed by atoms with van der Waals surface area (Å²) in [4.78, 5) is 2.26. The van der Waals surface area contributed by atoms with Crippen molar-refractivity contribution < 1.29 is 4.39 Å². The first-order valence-electron chi connectivity index (χ1n) is 6.69. The molecule has 0 amide bonds. The first-order valence-corrected chi connectivity index (χ1v) is 6.69. The zero-order valence-corrected chi connectivity index (χ0v) is 11.0. The Kier molecular flexibility index (Phi) is 3.19. The molecule has 0 radical (unpaired) electrons. The van der Waals surface area contributed by atoms with Gasteiger partial charge in [-0.15, -0.1) is 5.10 Å². The van der Waals surface area contributed by atoms with E-state index in [2.05, 4.69) is 15.2 Å². The van der Waals surface area contributed by atoms with Gasteiger partial charge in [-0.2, -0.15) is 4.68 Å². The molecule has 0 saturated carbocycles. The number of para-hydroxylation sites is 1. The standard InChI is InChI=1S/C14H17FN4/c1-11-14(18-9-5-2-6-10-18)19(17-16-11)13-8-4-3-7-12(13)15/h3-4,7-8H,2,5-6,9-10H2,1H3. The third kappa shape index (κ3) is 2.20. The first kappa shape index (κ1) is 12.1. The molecule has 1 saturated heterocycles. The molecule has 2 aromatic rings. The lowest BCUT2D eigenvalue weighted by atomic mass is 10.1. The van der Waals surface area contributed by atoms with E-state index < -0.39 is 0 Å². The van der Waals surface area contributed by atoms with E-state index in [4.69, 9.17) is 0 Å². The molecule has 0 N–H and O–H groups in total. The minimum Gasteiger partial charge on any atom is -0.355 e. The van der Waals surface area contributed by atoms with Crippen molar-refractivity contribution in [3.8, 4) is 5.69 Å². The van der Waals surface area contributed by atoms with Crippen LogP contribution in [0.4, 0.5) is 10.2 Å². The summed E-state index contributed by atoms with van der Waals surface area (Å²) in [5.41, 5.74) is 1.31. The lowest BCUT2D eigenvalue weighted by Gasteiger charge is -2.29. The summed E-state index contributed by atoms with van der Waals surface area (Å²) < 4.78 is 15.5. The molecule has 1 aromatic carbocycles. The van der Waals surface area contributed by atoms with E-state index in [-0.39, 0.29) is 5.82 Å². The summed E-state index contributed by atoms with van der Waals surface area (Å²) in [7, 11) is 0. The number of nitrogens with zero attached hydrogens (tertiary/aromatic N) is 4. The molecule has 5 heteroatoms. The smallest absolute Gasteiger partial charge is 0.156 e. The number of anilines is 1. The van der Waals surface area contributed by atoms with Crippen LogP contribution in [0.25, 0.3) is 5.69 Å². The van der Waals surface area contributed by atoms with Gasteiger partial charge in [0.25, 0.3) is 0 Å². The number of aryl methyl sites for hydroxylation is 1. The molecule has 0 atom stereocenters. The van der Waals surface area contributed by atoms with Gasteiger partial charge in [0.15, 0.2) is 5.82 Å². The van der Waals surface area contributed by atoms with Crippen LogP contribution in [0.5, 0.6) is 0 Å². The maximum atomic E-state index is 13.9. The first-order chi connectivity index (χ1) is 9.27. The van der Waals surface area contributed by atoms with Crippen LogP contribution in [-0.2, 0) is 0 Å². The van der Waals surface area contributed by atoms with E-state index in [0.717, 1.165) is 24.6 Å². The Labute approximate surface area is 111 Å². The van der Waals surface area contributed by atoms with Gasteiger partial charge >= 0.3 is 0 Å². The third-order valence-electron chi connectivity index (χ3n) is 3.54. The summed E-state index contributed by atoms with van der Waals surface area (Å²) in [5, 5.41) is 8.22. The van der Waals surface area contributed by atoms with Crippen LogP contribution < -0.4 is 4.90 Å². The molecule has 4 nitrogen and oxygen atoms in total. The monoisotopic (exact) mass is 260 g/mol. The number of halogens is 1. The molecule has 3 rings (SSSR count). The van der Waals surface area contributed by atoms with Gasteiger partial charge in [-0.3, -0.25) is 0 Å². The van der Waals surface area contributed by atoms with Gasteiger partial charge in [0.2, 0.25) is 0 Å². The largest absolute Gasteiger partial charge is 0.355 e. The number of benzene rings is 1. The second kappa shape index (κ2) is 4.99.